The van der Waals surface area contributed by atoms with Crippen LogP contribution in [0.3, 0.4) is 0 Å². The fraction of sp³-hybridized carbons (Fsp3) is 0.556. The van der Waals surface area contributed by atoms with Gasteiger partial charge in [0.1, 0.15) is 12.4 Å². The van der Waals surface area contributed by atoms with Crippen molar-refractivity contribution < 1.29 is 9.53 Å². The third-order valence-electron chi connectivity index (χ3n) is 3.91. The molecule has 1 atom stereocenters. The summed E-state index contributed by atoms with van der Waals surface area (Å²) in [5.74, 6) is 2.73. The maximum atomic E-state index is 11.1. The number of guanidine groups is 1. The van der Waals surface area contributed by atoms with Crippen LogP contribution in [-0.4, -0.2) is 61.1 Å². The molecule has 1 aromatic rings. The highest BCUT2D eigenvalue weighted by atomic mass is 127. The topological polar surface area (TPSA) is 66.0 Å². The van der Waals surface area contributed by atoms with Crippen molar-refractivity contribution in [1.29, 1.82) is 0 Å². The van der Waals surface area contributed by atoms with E-state index in [0.29, 0.717) is 18.4 Å². The number of carbonyl (C=O) groups excluding carboxylic acids is 1. The maximum absolute atomic E-state index is 11.1. The third kappa shape index (κ3) is 7.61. The second-order valence-corrected chi connectivity index (χ2v) is 7.29. The monoisotopic (exact) mass is 492 g/mol. The summed E-state index contributed by atoms with van der Waals surface area (Å²) in [5, 5.41) is 6.81. The molecule has 0 bridgehead atoms. The summed E-state index contributed by atoms with van der Waals surface area (Å²) >= 11 is 2.05. The molecule has 0 radical (unpaired) electrons. The van der Waals surface area contributed by atoms with Crippen LogP contribution >= 0.6 is 35.7 Å². The summed E-state index contributed by atoms with van der Waals surface area (Å²) in [4.78, 5) is 17.8. The van der Waals surface area contributed by atoms with Crippen LogP contribution in [0.1, 0.15) is 20.3 Å². The van der Waals surface area contributed by atoms with E-state index in [4.69, 9.17) is 4.74 Å². The molecule has 26 heavy (non-hydrogen) atoms. The van der Waals surface area contributed by atoms with E-state index in [1.807, 2.05) is 43.1 Å². The standard InChI is InChI=1S/C18H28N4O2S.HI/c1-4-17-13-22(9-11-25-17)18(19-3)20-8-10-24-16-7-5-6-15(12-16)21-14(2)23;/h5-7,12,17H,4,8-11,13H2,1-3H3,(H,19,20)(H,21,23);1H. The number of nitrogens with zero attached hydrogens (tertiary/aromatic N) is 2. The second-order valence-electron chi connectivity index (χ2n) is 5.88. The van der Waals surface area contributed by atoms with Crippen molar-refractivity contribution in [3.8, 4) is 5.75 Å². The minimum Gasteiger partial charge on any atom is -0.492 e. The van der Waals surface area contributed by atoms with Gasteiger partial charge in [0.15, 0.2) is 5.96 Å². The molecular weight excluding hydrogens is 463 g/mol. The van der Waals surface area contributed by atoms with E-state index in [0.717, 1.165) is 36.2 Å². The van der Waals surface area contributed by atoms with Crippen LogP contribution in [0, 0.1) is 0 Å². The molecule has 1 aliphatic rings. The predicted molar refractivity (Wildman–Crippen MR) is 121 cm³/mol. The second kappa shape index (κ2) is 12.3. The highest BCUT2D eigenvalue weighted by Gasteiger charge is 2.21. The van der Waals surface area contributed by atoms with Gasteiger partial charge in [-0.25, -0.2) is 0 Å². The zero-order chi connectivity index (χ0) is 18.1. The molecule has 1 amide bonds. The third-order valence-corrected chi connectivity index (χ3v) is 5.29. The van der Waals surface area contributed by atoms with Crippen LogP contribution < -0.4 is 15.4 Å². The van der Waals surface area contributed by atoms with Gasteiger partial charge in [0.05, 0.1) is 6.54 Å². The molecule has 8 heteroatoms. The average Bonchev–Trinajstić information content (AvgIpc) is 2.61. The van der Waals surface area contributed by atoms with Gasteiger partial charge in [0, 0.05) is 49.8 Å². The molecule has 2 N–H and O–H groups in total. The minimum atomic E-state index is -0.0901. The first-order valence-corrected chi connectivity index (χ1v) is 9.75. The van der Waals surface area contributed by atoms with Crippen LogP contribution in [0.5, 0.6) is 5.75 Å². The number of carbonyl (C=O) groups is 1. The molecule has 1 aromatic carbocycles. The molecular formula is C18H29IN4O2S. The molecule has 1 unspecified atom stereocenters. The predicted octanol–water partition coefficient (Wildman–Crippen LogP) is 3.04. The maximum Gasteiger partial charge on any atom is 0.221 e. The number of amides is 1. The van der Waals surface area contributed by atoms with Gasteiger partial charge in [0.2, 0.25) is 5.91 Å². The Hall–Kier alpha value is -1.16. The van der Waals surface area contributed by atoms with E-state index in [9.17, 15) is 4.79 Å². The number of hydrogen-bond acceptors (Lipinski definition) is 4. The Bertz CT molecular complexity index is 600. The van der Waals surface area contributed by atoms with Crippen LogP contribution in [0.4, 0.5) is 5.69 Å². The Kier molecular flexibility index (Phi) is 10.8. The van der Waals surface area contributed by atoms with Crippen molar-refractivity contribution in [2.24, 2.45) is 4.99 Å². The largest absolute Gasteiger partial charge is 0.492 e. The van der Waals surface area contributed by atoms with E-state index < -0.39 is 0 Å². The number of rotatable bonds is 6. The van der Waals surface area contributed by atoms with Crippen molar-refractivity contribution in [2.75, 3.05) is 44.4 Å². The number of hydrogen-bond donors (Lipinski definition) is 2. The summed E-state index contributed by atoms with van der Waals surface area (Å²) < 4.78 is 5.76. The first kappa shape index (κ1) is 22.9. The first-order valence-electron chi connectivity index (χ1n) is 8.70. The number of anilines is 1. The Balaban J connectivity index is 0.00000338. The lowest BCUT2D eigenvalue weighted by atomic mass is 10.3. The molecule has 0 saturated carbocycles. The smallest absolute Gasteiger partial charge is 0.221 e. The molecule has 1 saturated heterocycles. The van der Waals surface area contributed by atoms with Crippen molar-refractivity contribution in [2.45, 2.75) is 25.5 Å². The molecule has 1 fully saturated rings. The fourth-order valence-corrected chi connectivity index (χ4v) is 3.87. The number of ether oxygens (including phenoxy) is 1. The quantitative estimate of drug-likeness (QED) is 0.277. The summed E-state index contributed by atoms with van der Waals surface area (Å²) in [7, 11) is 1.82. The molecule has 0 spiro atoms. The number of thioether (sulfide) groups is 1. The van der Waals surface area contributed by atoms with E-state index in [2.05, 4.69) is 27.4 Å². The van der Waals surface area contributed by atoms with Crippen LogP contribution in [0.25, 0.3) is 0 Å². The summed E-state index contributed by atoms with van der Waals surface area (Å²) in [6, 6.07) is 7.41. The van der Waals surface area contributed by atoms with Gasteiger partial charge in [-0.05, 0) is 18.6 Å². The molecule has 6 nitrogen and oxygen atoms in total. The minimum absolute atomic E-state index is 0. The van der Waals surface area contributed by atoms with Gasteiger partial charge in [-0.3, -0.25) is 9.79 Å². The van der Waals surface area contributed by atoms with Crippen molar-refractivity contribution in [1.82, 2.24) is 10.2 Å². The Morgan fingerprint density at radius 3 is 2.96 bits per heavy atom. The highest BCUT2D eigenvalue weighted by molar-refractivity contribution is 14.0. The number of aliphatic imine (C=N–C) groups is 1. The Morgan fingerprint density at radius 1 is 1.46 bits per heavy atom. The molecule has 2 rings (SSSR count). The average molecular weight is 492 g/mol. The number of benzene rings is 1. The molecule has 0 aromatic heterocycles. The van der Waals surface area contributed by atoms with Gasteiger partial charge in [-0.15, -0.1) is 24.0 Å². The molecule has 0 aliphatic carbocycles. The SMILES string of the molecule is CCC1CN(C(=NC)NCCOc2cccc(NC(C)=O)c2)CCS1.I. The molecule has 146 valence electrons. The van der Waals surface area contributed by atoms with E-state index in [-0.39, 0.29) is 29.9 Å². The summed E-state index contributed by atoms with van der Waals surface area (Å²) in [5.41, 5.74) is 0.741. The normalized spacial score (nSPS) is 17.3. The summed E-state index contributed by atoms with van der Waals surface area (Å²) in [6.45, 7) is 7.01. The van der Waals surface area contributed by atoms with E-state index in [1.165, 1.54) is 13.3 Å². The highest BCUT2D eigenvalue weighted by Crippen LogP contribution is 2.21. The fourth-order valence-electron chi connectivity index (χ4n) is 2.69. The van der Waals surface area contributed by atoms with Gasteiger partial charge in [-0.2, -0.15) is 11.8 Å². The number of nitrogens with one attached hydrogen (secondary N) is 2. The van der Waals surface area contributed by atoms with Crippen molar-refractivity contribution in [3.63, 3.8) is 0 Å². The lowest BCUT2D eigenvalue weighted by molar-refractivity contribution is -0.114. The first-order chi connectivity index (χ1) is 12.1. The van der Waals surface area contributed by atoms with Gasteiger partial charge in [-0.1, -0.05) is 13.0 Å². The van der Waals surface area contributed by atoms with Gasteiger partial charge >= 0.3 is 0 Å². The molecule has 1 aliphatic heterocycles. The van der Waals surface area contributed by atoms with E-state index in [1.54, 1.807) is 0 Å². The van der Waals surface area contributed by atoms with Gasteiger partial charge < -0.3 is 20.3 Å². The zero-order valence-electron chi connectivity index (χ0n) is 15.7. The van der Waals surface area contributed by atoms with E-state index >= 15 is 0 Å². The van der Waals surface area contributed by atoms with Crippen molar-refractivity contribution in [3.05, 3.63) is 24.3 Å². The lowest BCUT2D eigenvalue weighted by Crippen LogP contribution is -2.48. The summed E-state index contributed by atoms with van der Waals surface area (Å²) in [6.07, 6.45) is 1.19. The molecule has 1 heterocycles. The van der Waals surface area contributed by atoms with Gasteiger partial charge in [0.25, 0.3) is 0 Å². The Labute approximate surface area is 177 Å². The zero-order valence-corrected chi connectivity index (χ0v) is 18.8. The van der Waals surface area contributed by atoms with Crippen LogP contribution in [0.2, 0.25) is 0 Å². The lowest BCUT2D eigenvalue weighted by Gasteiger charge is -2.34. The van der Waals surface area contributed by atoms with Crippen LogP contribution in [-0.2, 0) is 4.79 Å². The van der Waals surface area contributed by atoms with Crippen molar-refractivity contribution >= 4 is 53.3 Å². The number of halogens is 1. The van der Waals surface area contributed by atoms with Crippen LogP contribution in [0.15, 0.2) is 29.3 Å². The Morgan fingerprint density at radius 2 is 2.27 bits per heavy atom.